The molecule has 0 aliphatic carbocycles. The number of aromatic nitrogens is 2. The summed E-state index contributed by atoms with van der Waals surface area (Å²) in [5.41, 5.74) is 5.41. The van der Waals surface area contributed by atoms with Crippen molar-refractivity contribution in [1.82, 2.24) is 9.97 Å². The number of fused-ring (bicyclic) bond motifs is 6. The molecule has 5 nitrogen and oxygen atoms in total. The molecule has 0 aliphatic heterocycles. The number of thiophene rings is 2. The minimum Gasteiger partial charge on any atom is -0.512 e. The maximum atomic E-state index is 12.2. The van der Waals surface area contributed by atoms with Crippen molar-refractivity contribution in [2.75, 3.05) is 0 Å². The van der Waals surface area contributed by atoms with Crippen molar-refractivity contribution in [3.8, 4) is 11.3 Å². The van der Waals surface area contributed by atoms with Crippen LogP contribution >= 0.6 is 22.7 Å². The summed E-state index contributed by atoms with van der Waals surface area (Å²) >= 11 is 3.50. The van der Waals surface area contributed by atoms with Crippen LogP contribution in [-0.2, 0) is 30.3 Å². The maximum absolute atomic E-state index is 12.2. The van der Waals surface area contributed by atoms with E-state index in [9.17, 15) is 9.90 Å². The fourth-order valence-electron chi connectivity index (χ4n) is 5.86. The minimum atomic E-state index is -0.337. The van der Waals surface area contributed by atoms with Gasteiger partial charge in [0.15, 0.2) is 11.4 Å². The molecule has 1 N–H and O–H groups in total. The molecule has 0 atom stereocenters. The molecule has 6 aromatic rings. The monoisotopic (exact) mass is 860 g/mol. The predicted octanol–water partition coefficient (Wildman–Crippen LogP) is 12.5. The normalized spacial score (nSPS) is 12.8. The number of carbonyl (C=O) groups is 1. The topological polar surface area (TPSA) is 76.2 Å². The van der Waals surface area contributed by atoms with Crippen LogP contribution in [0, 0.1) is 23.8 Å². The van der Waals surface area contributed by atoms with Crippen LogP contribution in [-0.4, -0.2) is 20.9 Å². The van der Waals surface area contributed by atoms with Gasteiger partial charge in [0.25, 0.3) is 0 Å². The molecule has 8 heteroatoms. The summed E-state index contributed by atoms with van der Waals surface area (Å²) in [5.74, 6) is 0.286. The second-order valence-corrected chi connectivity index (χ2v) is 16.0. The molecule has 1 radical (unpaired) electrons. The van der Waals surface area contributed by atoms with E-state index < -0.39 is 0 Å². The van der Waals surface area contributed by atoms with Crippen molar-refractivity contribution in [2.45, 2.75) is 100 Å². The Bertz CT molecular complexity index is 2100. The number of aliphatic hydroxyl groups is 1. The van der Waals surface area contributed by atoms with Crippen LogP contribution < -0.4 is 0 Å². The van der Waals surface area contributed by atoms with Gasteiger partial charge in [0.1, 0.15) is 12.1 Å². The molecule has 0 unspecified atom stereocenters. The van der Waals surface area contributed by atoms with Gasteiger partial charge in [-0.15, -0.1) is 34.9 Å². The van der Waals surface area contributed by atoms with Crippen molar-refractivity contribution >= 4 is 70.7 Å². The molecule has 4 aromatic heterocycles. The summed E-state index contributed by atoms with van der Waals surface area (Å²) in [7, 11) is 0. The molecule has 0 spiro atoms. The molecular weight excluding hydrogens is 813 g/mol. The number of nitrogens with zero attached hydrogens (tertiary/aromatic N) is 2. The third kappa shape index (κ3) is 6.92. The number of aryl methyl sites for hydroxylation is 1. The Balaban J connectivity index is 0.000000251. The van der Waals surface area contributed by atoms with Crippen LogP contribution in [0.3, 0.4) is 0 Å². The Morgan fingerprint density at radius 2 is 1.56 bits per heavy atom. The number of allylic oxidation sites excluding steroid dienone is 2. The minimum absolute atomic E-state index is 0. The van der Waals surface area contributed by atoms with Gasteiger partial charge in [-0.25, -0.2) is 4.98 Å². The first kappa shape index (κ1) is 37.9. The largest absolute Gasteiger partial charge is 0.512 e. The van der Waals surface area contributed by atoms with Gasteiger partial charge >= 0.3 is 0 Å². The SMILES string of the molecule is CCC(C)(CC)C(=O)/C=C(\O)C(C)(CC)CC.Cc1csc2c1ccc1c2oc2ncnc(-c3[c-]c4ccsc4c(C(C)(C)C)c3)c21.[Ir]. The molecule has 0 fully saturated rings. The van der Waals surface area contributed by atoms with E-state index in [1.54, 1.807) is 29.0 Å². The Kier molecular flexibility index (Phi) is 11.5. The first-order chi connectivity index (χ1) is 22.2. The van der Waals surface area contributed by atoms with Crippen molar-refractivity contribution < 1.29 is 34.4 Å². The van der Waals surface area contributed by atoms with E-state index in [1.165, 1.54) is 32.0 Å². The molecule has 4 heterocycles. The molecule has 0 amide bonds. The number of furan rings is 1. The molecule has 0 saturated heterocycles. The van der Waals surface area contributed by atoms with Gasteiger partial charge in [-0.2, -0.15) is 11.3 Å². The van der Waals surface area contributed by atoms with Gasteiger partial charge in [-0.3, -0.25) is 9.78 Å². The maximum Gasteiger partial charge on any atom is 0.223 e. The van der Waals surface area contributed by atoms with Gasteiger partial charge in [0.2, 0.25) is 5.71 Å². The fraction of sp³-hybridized carbons (Fsp3) is 0.425. The zero-order valence-corrected chi connectivity index (χ0v) is 33.8. The Morgan fingerprint density at radius 3 is 2.19 bits per heavy atom. The standard InChI is InChI=1S/C25H19N2OS2.C15H28O2.Ir/c1-13-11-30-23-16(13)5-6-17-19-20(26-12-27-24(19)28-21(17)23)15-9-14-7-8-29-22(14)18(10-15)25(2,3)4;1-7-14(5,8-2)12(16)11-13(17)15(6,9-3)10-4;/h5-8,10-12H,1-4H3;11,16H,7-10H2,1-6H3;/q-1;;/b;12-11-;. The molecule has 257 valence electrons. The Hall–Kier alpha value is -2.90. The zero-order valence-electron chi connectivity index (χ0n) is 29.8. The van der Waals surface area contributed by atoms with E-state index in [2.05, 4.69) is 73.8 Å². The molecule has 0 saturated carbocycles. The van der Waals surface area contributed by atoms with Gasteiger partial charge < -0.3 is 9.52 Å². The Morgan fingerprint density at radius 1 is 0.917 bits per heavy atom. The van der Waals surface area contributed by atoms with E-state index in [0.29, 0.717) is 5.71 Å². The van der Waals surface area contributed by atoms with Gasteiger partial charge in [0.05, 0.1) is 4.70 Å². The number of carbonyl (C=O) groups excluding carboxylic acids is 1. The van der Waals surface area contributed by atoms with Crippen molar-refractivity contribution in [3.63, 3.8) is 0 Å². The van der Waals surface area contributed by atoms with Crippen LogP contribution in [0.5, 0.6) is 0 Å². The second kappa shape index (κ2) is 14.5. The predicted molar refractivity (Wildman–Crippen MR) is 201 cm³/mol. The second-order valence-electron chi connectivity index (χ2n) is 14.2. The Labute approximate surface area is 306 Å². The van der Waals surface area contributed by atoms with E-state index in [-0.39, 0.29) is 47.9 Å². The molecule has 48 heavy (non-hydrogen) atoms. The molecule has 2 aromatic carbocycles. The number of rotatable bonds is 8. The molecule has 0 aliphatic rings. The summed E-state index contributed by atoms with van der Waals surface area (Å²) in [6.45, 7) is 21.0. The number of hydrogen-bond acceptors (Lipinski definition) is 7. The van der Waals surface area contributed by atoms with E-state index in [1.807, 2.05) is 41.5 Å². The van der Waals surface area contributed by atoms with Crippen molar-refractivity contribution in [1.29, 1.82) is 0 Å². The molecule has 0 bridgehead atoms. The zero-order chi connectivity index (χ0) is 34.3. The van der Waals surface area contributed by atoms with Crippen LogP contribution in [0.15, 0.2) is 57.6 Å². The number of aliphatic hydroxyl groups excluding tert-OH is 1. The van der Waals surface area contributed by atoms with Crippen LogP contribution in [0.2, 0.25) is 0 Å². The number of ketones is 1. The summed E-state index contributed by atoms with van der Waals surface area (Å²) < 4.78 is 8.72. The number of benzene rings is 2. The van der Waals surface area contributed by atoms with Gasteiger partial charge in [0, 0.05) is 53.5 Å². The summed E-state index contributed by atoms with van der Waals surface area (Å²) in [5, 5.41) is 18.9. The summed E-state index contributed by atoms with van der Waals surface area (Å²) in [4.78, 5) is 21.3. The van der Waals surface area contributed by atoms with Crippen LogP contribution in [0.25, 0.3) is 53.5 Å². The molecule has 6 rings (SSSR count). The van der Waals surface area contributed by atoms with Crippen molar-refractivity contribution in [3.05, 3.63) is 70.4 Å². The van der Waals surface area contributed by atoms with E-state index >= 15 is 0 Å². The summed E-state index contributed by atoms with van der Waals surface area (Å²) in [6.07, 6.45) is 6.35. The smallest absolute Gasteiger partial charge is 0.223 e. The number of hydrogen-bond donors (Lipinski definition) is 1. The summed E-state index contributed by atoms with van der Waals surface area (Å²) in [6, 6.07) is 12.3. The quantitative estimate of drug-likeness (QED) is 0.0937. The average molecular weight is 860 g/mol. The average Bonchev–Trinajstić information content (AvgIpc) is 3.79. The first-order valence-electron chi connectivity index (χ1n) is 16.6. The first-order valence-corrected chi connectivity index (χ1v) is 18.4. The third-order valence-electron chi connectivity index (χ3n) is 10.3. The van der Waals surface area contributed by atoms with E-state index in [0.717, 1.165) is 58.7 Å². The molecular formula is C40H47IrN2O3S2-. The van der Waals surface area contributed by atoms with Crippen LogP contribution in [0.4, 0.5) is 0 Å². The van der Waals surface area contributed by atoms with E-state index in [4.69, 9.17) is 9.40 Å². The third-order valence-corrected chi connectivity index (χ3v) is 12.4. The van der Waals surface area contributed by atoms with Crippen molar-refractivity contribution in [2.24, 2.45) is 10.8 Å². The van der Waals surface area contributed by atoms with Crippen LogP contribution in [0.1, 0.15) is 99.1 Å². The van der Waals surface area contributed by atoms with Gasteiger partial charge in [-0.1, -0.05) is 85.6 Å². The fourth-order valence-corrected chi connectivity index (χ4v) is 7.98. The van der Waals surface area contributed by atoms with Gasteiger partial charge in [-0.05, 0) is 64.4 Å².